The van der Waals surface area contributed by atoms with Crippen molar-refractivity contribution in [3.63, 3.8) is 0 Å². The second-order valence-corrected chi connectivity index (χ2v) is 5.05. The van der Waals surface area contributed by atoms with Crippen LogP contribution in [0.15, 0.2) is 0 Å². The van der Waals surface area contributed by atoms with Crippen LogP contribution in [0.4, 0.5) is 0 Å². The number of rotatable bonds is 0. The minimum atomic E-state index is -5.75. The standard InChI is InChI=1S/3Cr.Na.12O.V/q;;;+1;;;;;;;6*-1;. The molecule has 0 spiro atoms. The van der Waals surface area contributed by atoms with Gasteiger partial charge in [0.15, 0.2) is 0 Å². The molecule has 17 heavy (non-hydrogen) atoms. The molecular weight excluding hydrogens is 422 g/mol. The molecule has 0 saturated heterocycles. The van der Waals surface area contributed by atoms with Crippen molar-refractivity contribution in [3.8, 4) is 0 Å². The monoisotopic (exact) mass is 422 g/mol. The van der Waals surface area contributed by atoms with Crippen LogP contribution < -0.4 is 54.5 Å². The summed E-state index contributed by atoms with van der Waals surface area (Å²) >= 11 is -17.2. The summed E-state index contributed by atoms with van der Waals surface area (Å²) in [6, 6.07) is 0. The van der Waals surface area contributed by atoms with Gasteiger partial charge in [-0.25, -0.2) is 0 Å². The van der Waals surface area contributed by atoms with Crippen LogP contribution in [0.3, 0.4) is 0 Å². The van der Waals surface area contributed by atoms with Crippen LogP contribution in [-0.4, -0.2) is 0 Å². The van der Waals surface area contributed by atoms with Gasteiger partial charge in [0, 0.05) is 18.6 Å². The summed E-state index contributed by atoms with van der Waals surface area (Å²) in [6.07, 6.45) is 0. The second kappa shape index (κ2) is 12.8. The van der Waals surface area contributed by atoms with E-state index in [0.29, 0.717) is 0 Å². The fraction of sp³-hybridized carbons (Fsp3) is 0. The number of hydrogen-bond donors (Lipinski definition) is 0. The maximum Gasteiger partial charge on any atom is 0 e. The van der Waals surface area contributed by atoms with Gasteiger partial charge in [0.25, 0.3) is 0 Å². The minimum Gasteiger partial charge on any atom is 0 e. The zero-order valence-corrected chi connectivity index (χ0v) is 14.8. The molecule has 0 amide bonds. The molecule has 0 fully saturated rings. The summed E-state index contributed by atoms with van der Waals surface area (Å²) in [4.78, 5) is 0. The van der Waals surface area contributed by atoms with Gasteiger partial charge in [-0.3, -0.25) is 0 Å². The molecule has 0 heterocycles. The van der Waals surface area contributed by atoms with Crippen LogP contribution in [0.1, 0.15) is 0 Å². The first-order valence-corrected chi connectivity index (χ1v) is 8.25. The first-order valence-electron chi connectivity index (χ1n) is 2.00. The van der Waals surface area contributed by atoms with Crippen LogP contribution in [0, 0.1) is 0 Å². The van der Waals surface area contributed by atoms with Gasteiger partial charge in [0.05, 0.1) is 0 Å². The van der Waals surface area contributed by atoms with E-state index in [4.69, 9.17) is 47.8 Å². The maximum absolute atomic E-state index is 8.59. The molecule has 17 heteroatoms. The Bertz CT molecular complexity index is 343. The molecule has 0 aliphatic carbocycles. The molecule has 1 radical (unpaired) electrons. The fourth-order valence-corrected chi connectivity index (χ4v) is 0. The normalized spacial score (nSPS) is 10.2. The van der Waals surface area contributed by atoms with E-state index in [1.54, 1.807) is 0 Å². The average molecular weight is 422 g/mol. The molecule has 0 N–H and O–H groups in total. The van der Waals surface area contributed by atoms with Crippen molar-refractivity contribution in [2.45, 2.75) is 0 Å². The molecule has 0 aliphatic heterocycles. The smallest absolute Gasteiger partial charge is 0 e. The Morgan fingerprint density at radius 2 is 0.471 bits per heavy atom. The van der Waals surface area contributed by atoms with E-state index in [0.717, 1.165) is 0 Å². The van der Waals surface area contributed by atoms with E-state index >= 15 is 0 Å². The zero-order valence-electron chi connectivity index (χ0n) is 7.57. The first-order chi connectivity index (χ1) is 6.00. The topological polar surface area (TPSA) is 241 Å². The summed E-state index contributed by atoms with van der Waals surface area (Å²) in [6.45, 7) is 0. The largest absolute Gasteiger partial charge is 0 e. The molecule has 0 unspecified atom stereocenters. The fourth-order valence-electron chi connectivity index (χ4n) is 0. The molecule has 0 aromatic heterocycles. The number of hydrogen-bond acceptors (Lipinski definition) is 12. The van der Waals surface area contributed by atoms with Crippen molar-refractivity contribution in [2.24, 2.45) is 0 Å². The van der Waals surface area contributed by atoms with E-state index in [9.17, 15) is 0 Å². The molecule has 0 rings (SSSR count). The van der Waals surface area contributed by atoms with Crippen molar-refractivity contribution in [1.82, 2.24) is 0 Å². The molecule has 101 valence electrons. The van der Waals surface area contributed by atoms with Gasteiger partial charge in [-0.15, -0.1) is 0 Å². The van der Waals surface area contributed by atoms with Gasteiger partial charge in [-0.05, 0) is 0 Å². The van der Waals surface area contributed by atoms with Gasteiger partial charge in [-0.1, -0.05) is 0 Å². The van der Waals surface area contributed by atoms with Gasteiger partial charge in [0.1, 0.15) is 0 Å². The molecule has 0 aromatic carbocycles. The predicted molar refractivity (Wildman–Crippen MR) is 4.12 cm³/mol. The Hall–Kier alpha value is 1.74. The van der Waals surface area contributed by atoms with Gasteiger partial charge >= 0.3 is 118 Å². The van der Waals surface area contributed by atoms with Crippen molar-refractivity contribution in [1.29, 1.82) is 0 Å². The summed E-state index contributed by atoms with van der Waals surface area (Å²) in [5, 5.41) is 0. The van der Waals surface area contributed by atoms with Gasteiger partial charge in [-0.2, -0.15) is 0 Å². The summed E-state index contributed by atoms with van der Waals surface area (Å²) in [5.74, 6) is 0. The molecule has 0 aliphatic rings. The van der Waals surface area contributed by atoms with Crippen LogP contribution in [0.25, 0.3) is 0 Å². The molecular formula is Cr3NaO12V-5. The van der Waals surface area contributed by atoms with Crippen LogP contribution in [0.5, 0.6) is 0 Å². The Kier molecular flexibility index (Phi) is 23.4. The van der Waals surface area contributed by atoms with Gasteiger partial charge < -0.3 is 0 Å². The van der Waals surface area contributed by atoms with Crippen molar-refractivity contribution >= 4 is 0 Å². The van der Waals surface area contributed by atoms with E-state index in [1.807, 2.05) is 0 Å². The van der Waals surface area contributed by atoms with Crippen molar-refractivity contribution in [3.05, 3.63) is 0 Å². The first kappa shape index (κ1) is 31.2. The second-order valence-electron chi connectivity index (χ2n) is 1.22. The molecule has 0 saturated carbocycles. The van der Waals surface area contributed by atoms with Crippen LogP contribution in [-0.2, 0) is 82.2 Å². The average Bonchev–Trinajstić information content (AvgIpc) is 1.41. The third-order valence-corrected chi connectivity index (χ3v) is 0. The summed E-state index contributed by atoms with van der Waals surface area (Å²) in [5.41, 5.74) is 0. The molecule has 0 atom stereocenters. The Morgan fingerprint density at radius 3 is 0.471 bits per heavy atom. The summed E-state index contributed by atoms with van der Waals surface area (Å²) < 4.78 is 103. The van der Waals surface area contributed by atoms with Crippen LogP contribution >= 0.6 is 0 Å². The third-order valence-electron chi connectivity index (χ3n) is 0. The quantitative estimate of drug-likeness (QED) is 0.331. The molecule has 12 nitrogen and oxygen atoms in total. The van der Waals surface area contributed by atoms with Crippen LogP contribution in [0.2, 0.25) is 0 Å². The van der Waals surface area contributed by atoms with Crippen molar-refractivity contribution in [2.75, 3.05) is 0 Å². The SMILES string of the molecule is [Na+].[O]=[Cr](=[O])([O-])[O-].[O]=[Cr](=[O])([O-])[O-].[O]=[Cr](=[O])([O-])[O-].[V]. The third kappa shape index (κ3) is 1450. The predicted octanol–water partition coefficient (Wildman–Crippen LogP) is -10.9. The van der Waals surface area contributed by atoms with Crippen molar-refractivity contribution < 1.29 is 137 Å². The molecule has 0 bridgehead atoms. The Labute approximate surface area is 135 Å². The van der Waals surface area contributed by atoms with Gasteiger partial charge in [0.2, 0.25) is 0 Å². The van der Waals surface area contributed by atoms with E-state index in [2.05, 4.69) is 0 Å². The Morgan fingerprint density at radius 1 is 0.471 bits per heavy atom. The van der Waals surface area contributed by atoms with E-state index in [1.165, 1.54) is 0 Å². The van der Waals surface area contributed by atoms with E-state index < -0.39 is 40.8 Å². The summed E-state index contributed by atoms with van der Waals surface area (Å²) in [7, 11) is 0. The van der Waals surface area contributed by atoms with E-state index in [-0.39, 0.29) is 48.1 Å². The minimum absolute atomic E-state index is 0. The molecule has 0 aromatic rings. The zero-order chi connectivity index (χ0) is 13.5. The Balaban J connectivity index is -0.0000000400. The maximum atomic E-state index is 8.59.